The van der Waals surface area contributed by atoms with E-state index in [1.807, 2.05) is 24.3 Å². The summed E-state index contributed by atoms with van der Waals surface area (Å²) < 4.78 is 5.20. The quantitative estimate of drug-likeness (QED) is 0.516. The van der Waals surface area contributed by atoms with Crippen molar-refractivity contribution in [1.82, 2.24) is 19.9 Å². The summed E-state index contributed by atoms with van der Waals surface area (Å²) in [5.41, 5.74) is 4.91. The molecule has 0 saturated carbocycles. The van der Waals surface area contributed by atoms with Crippen LogP contribution in [0, 0.1) is 0 Å². The highest BCUT2D eigenvalue weighted by atomic mass is 35.5. The molecule has 0 bridgehead atoms. The smallest absolute Gasteiger partial charge is 0.232 e. The van der Waals surface area contributed by atoms with Crippen molar-refractivity contribution in [3.8, 4) is 17.1 Å². The molecule has 2 aromatic carbocycles. The summed E-state index contributed by atoms with van der Waals surface area (Å²) in [6.45, 7) is 0.852. The summed E-state index contributed by atoms with van der Waals surface area (Å²) in [5.74, 6) is 1.34. The van der Waals surface area contributed by atoms with Crippen LogP contribution in [0.2, 0.25) is 5.02 Å². The molecule has 3 heterocycles. The van der Waals surface area contributed by atoms with Crippen LogP contribution in [0.1, 0.15) is 5.56 Å². The summed E-state index contributed by atoms with van der Waals surface area (Å²) in [6, 6.07) is 12.0. The van der Waals surface area contributed by atoms with Crippen LogP contribution in [0.4, 0.5) is 11.5 Å². The Morgan fingerprint density at radius 2 is 2.00 bits per heavy atom. The molecule has 1 aliphatic rings. The Morgan fingerprint density at radius 3 is 2.89 bits per heavy atom. The SMILES string of the molecule is COc1cncc(-c2ccc3ncnc(N4CCc5ccc(Cl)cc54)c3c2)n1. The van der Waals surface area contributed by atoms with Gasteiger partial charge in [0.05, 0.1) is 30.7 Å². The molecule has 0 spiro atoms. The molecule has 4 aromatic rings. The van der Waals surface area contributed by atoms with Crippen molar-refractivity contribution < 1.29 is 4.74 Å². The molecule has 6 nitrogen and oxygen atoms in total. The van der Waals surface area contributed by atoms with Crippen LogP contribution in [0.25, 0.3) is 22.2 Å². The Labute approximate surface area is 166 Å². The Kier molecular flexibility index (Phi) is 4.06. The van der Waals surface area contributed by atoms with Crippen molar-refractivity contribution in [2.24, 2.45) is 0 Å². The fourth-order valence-electron chi connectivity index (χ4n) is 3.58. The Balaban J connectivity index is 1.66. The fraction of sp³-hybridized carbons (Fsp3) is 0.143. The lowest BCUT2D eigenvalue weighted by atomic mass is 10.1. The number of ether oxygens (including phenoxy) is 1. The Morgan fingerprint density at radius 1 is 1.07 bits per heavy atom. The number of anilines is 2. The molecule has 0 atom stereocenters. The van der Waals surface area contributed by atoms with E-state index in [9.17, 15) is 0 Å². The molecule has 2 aromatic heterocycles. The van der Waals surface area contributed by atoms with Crippen molar-refractivity contribution in [3.05, 3.63) is 65.7 Å². The predicted molar refractivity (Wildman–Crippen MR) is 109 cm³/mol. The second kappa shape index (κ2) is 6.73. The molecule has 0 radical (unpaired) electrons. The number of nitrogens with zero attached hydrogens (tertiary/aromatic N) is 5. The highest BCUT2D eigenvalue weighted by Gasteiger charge is 2.23. The first-order valence-electron chi connectivity index (χ1n) is 8.90. The number of fused-ring (bicyclic) bond motifs is 2. The maximum Gasteiger partial charge on any atom is 0.232 e. The largest absolute Gasteiger partial charge is 0.480 e. The van der Waals surface area contributed by atoms with Gasteiger partial charge in [0.15, 0.2) is 0 Å². The second-order valence-electron chi connectivity index (χ2n) is 6.55. The van der Waals surface area contributed by atoms with Crippen LogP contribution < -0.4 is 9.64 Å². The average molecular weight is 390 g/mol. The normalized spacial score (nSPS) is 13.0. The summed E-state index contributed by atoms with van der Waals surface area (Å²) in [4.78, 5) is 19.9. The van der Waals surface area contributed by atoms with Gasteiger partial charge in [-0.3, -0.25) is 4.98 Å². The van der Waals surface area contributed by atoms with E-state index in [2.05, 4.69) is 37.0 Å². The second-order valence-corrected chi connectivity index (χ2v) is 6.99. The summed E-state index contributed by atoms with van der Waals surface area (Å²) >= 11 is 6.24. The van der Waals surface area contributed by atoms with Crippen LogP contribution in [0.5, 0.6) is 5.88 Å². The van der Waals surface area contributed by atoms with Gasteiger partial charge >= 0.3 is 0 Å². The van der Waals surface area contributed by atoms with Gasteiger partial charge in [-0.25, -0.2) is 15.0 Å². The average Bonchev–Trinajstić information content (AvgIpc) is 3.15. The van der Waals surface area contributed by atoms with Crippen molar-refractivity contribution in [2.45, 2.75) is 6.42 Å². The fourth-order valence-corrected chi connectivity index (χ4v) is 3.74. The Bertz CT molecular complexity index is 1200. The van der Waals surface area contributed by atoms with E-state index in [0.717, 1.165) is 51.7 Å². The zero-order valence-corrected chi connectivity index (χ0v) is 15.9. The van der Waals surface area contributed by atoms with E-state index >= 15 is 0 Å². The lowest BCUT2D eigenvalue weighted by Gasteiger charge is -2.20. The minimum atomic E-state index is 0.477. The van der Waals surface area contributed by atoms with Crippen molar-refractivity contribution in [1.29, 1.82) is 0 Å². The molecule has 0 unspecified atom stereocenters. The monoisotopic (exact) mass is 389 g/mol. The Hall–Kier alpha value is -3.25. The van der Waals surface area contributed by atoms with Crippen LogP contribution >= 0.6 is 11.6 Å². The number of hydrogen-bond donors (Lipinski definition) is 0. The first-order valence-corrected chi connectivity index (χ1v) is 9.28. The number of rotatable bonds is 3. The molecule has 138 valence electrons. The minimum absolute atomic E-state index is 0.477. The molecule has 0 fully saturated rings. The van der Waals surface area contributed by atoms with Gasteiger partial charge in [0.25, 0.3) is 0 Å². The van der Waals surface area contributed by atoms with Crippen molar-refractivity contribution in [3.63, 3.8) is 0 Å². The molecule has 7 heteroatoms. The van der Waals surface area contributed by atoms with Crippen LogP contribution in [0.3, 0.4) is 0 Å². The van der Waals surface area contributed by atoms with E-state index in [-0.39, 0.29) is 0 Å². The van der Waals surface area contributed by atoms with E-state index in [1.165, 1.54) is 5.56 Å². The lowest BCUT2D eigenvalue weighted by molar-refractivity contribution is 0.396. The number of methoxy groups -OCH3 is 1. The van der Waals surface area contributed by atoms with Crippen LogP contribution in [-0.4, -0.2) is 33.6 Å². The lowest BCUT2D eigenvalue weighted by Crippen LogP contribution is -2.15. The number of aromatic nitrogens is 4. The third-order valence-corrected chi connectivity index (χ3v) is 5.17. The molecule has 5 rings (SSSR count). The summed E-state index contributed by atoms with van der Waals surface area (Å²) in [6.07, 6.45) is 5.87. The predicted octanol–water partition coefficient (Wildman–Crippen LogP) is 4.44. The third kappa shape index (κ3) is 2.82. The molecular formula is C21H16ClN5O. The van der Waals surface area contributed by atoms with Gasteiger partial charge in [0.1, 0.15) is 12.1 Å². The number of halogens is 1. The van der Waals surface area contributed by atoms with E-state index in [0.29, 0.717) is 5.88 Å². The van der Waals surface area contributed by atoms with E-state index in [1.54, 1.807) is 25.8 Å². The first-order chi connectivity index (χ1) is 13.7. The van der Waals surface area contributed by atoms with Gasteiger partial charge in [-0.05, 0) is 36.2 Å². The molecule has 0 aliphatic carbocycles. The maximum absolute atomic E-state index is 6.24. The van der Waals surface area contributed by atoms with Crippen molar-refractivity contribution in [2.75, 3.05) is 18.6 Å². The highest BCUT2D eigenvalue weighted by Crippen LogP contribution is 2.38. The van der Waals surface area contributed by atoms with Gasteiger partial charge in [0.2, 0.25) is 5.88 Å². The van der Waals surface area contributed by atoms with Gasteiger partial charge in [-0.2, -0.15) is 0 Å². The molecule has 1 aliphatic heterocycles. The van der Waals surface area contributed by atoms with Gasteiger partial charge < -0.3 is 9.64 Å². The molecule has 0 amide bonds. The molecule has 28 heavy (non-hydrogen) atoms. The maximum atomic E-state index is 6.24. The van der Waals surface area contributed by atoms with Crippen LogP contribution in [-0.2, 0) is 6.42 Å². The summed E-state index contributed by atoms with van der Waals surface area (Å²) in [7, 11) is 1.58. The number of benzene rings is 2. The zero-order chi connectivity index (χ0) is 19.1. The highest BCUT2D eigenvalue weighted by molar-refractivity contribution is 6.31. The third-order valence-electron chi connectivity index (χ3n) is 4.93. The van der Waals surface area contributed by atoms with Gasteiger partial charge in [-0.15, -0.1) is 0 Å². The molecule has 0 saturated heterocycles. The van der Waals surface area contributed by atoms with Gasteiger partial charge in [-0.1, -0.05) is 23.7 Å². The molecule has 0 N–H and O–H groups in total. The summed E-state index contributed by atoms with van der Waals surface area (Å²) in [5, 5.41) is 1.67. The van der Waals surface area contributed by atoms with Gasteiger partial charge in [0, 0.05) is 28.2 Å². The first kappa shape index (κ1) is 16.9. The van der Waals surface area contributed by atoms with Crippen molar-refractivity contribution >= 4 is 34.0 Å². The minimum Gasteiger partial charge on any atom is -0.480 e. The zero-order valence-electron chi connectivity index (χ0n) is 15.1. The standard InChI is InChI=1S/C21H16ClN5O/c1-28-20-11-23-10-18(26-20)14-3-5-17-16(8-14)21(25-12-24-17)27-7-6-13-2-4-15(22)9-19(13)27/h2-5,8-12H,6-7H2,1H3. The molecular weight excluding hydrogens is 374 g/mol. The topological polar surface area (TPSA) is 64.0 Å². The van der Waals surface area contributed by atoms with Crippen LogP contribution in [0.15, 0.2) is 55.1 Å². The van der Waals surface area contributed by atoms with E-state index in [4.69, 9.17) is 16.3 Å². The van der Waals surface area contributed by atoms with E-state index < -0.39 is 0 Å². The number of hydrogen-bond acceptors (Lipinski definition) is 6.